The molecule has 2 heterocycles. The minimum Gasteiger partial charge on any atom is -0.337 e. The Labute approximate surface area is 125 Å². The quantitative estimate of drug-likeness (QED) is 0.786. The normalized spacial score (nSPS) is 12.1. The second-order valence-electron chi connectivity index (χ2n) is 5.08. The summed E-state index contributed by atoms with van der Waals surface area (Å²) in [6.07, 6.45) is 7.75. The van der Waals surface area contributed by atoms with Crippen LogP contribution in [-0.4, -0.2) is 32.6 Å². The predicted molar refractivity (Wildman–Crippen MR) is 81.5 cm³/mol. The van der Waals surface area contributed by atoms with Crippen molar-refractivity contribution >= 4 is 5.91 Å². The van der Waals surface area contributed by atoms with Gasteiger partial charge in [0.05, 0.1) is 11.7 Å². The van der Waals surface area contributed by atoms with Crippen LogP contribution < -0.4 is 0 Å². The van der Waals surface area contributed by atoms with Gasteiger partial charge in [-0.3, -0.25) is 14.5 Å². The fourth-order valence-corrected chi connectivity index (χ4v) is 2.38. The van der Waals surface area contributed by atoms with E-state index in [1.54, 1.807) is 17.1 Å². The number of hydrogen-bond donors (Lipinski definition) is 0. The molecule has 2 aromatic heterocycles. The summed E-state index contributed by atoms with van der Waals surface area (Å²) in [6, 6.07) is 7.75. The Hall–Kier alpha value is -2.17. The molecule has 0 aliphatic heterocycles. The van der Waals surface area contributed by atoms with E-state index in [1.807, 2.05) is 42.4 Å². The highest BCUT2D eigenvalue weighted by atomic mass is 16.2. The van der Waals surface area contributed by atoms with E-state index in [2.05, 4.69) is 17.0 Å². The molecule has 2 aromatic rings. The standard InChI is InChI=1S/C16H22N4O/c1-3-7-15(14-8-4-5-10-17-14)19(2)16(21)9-13-20-12-6-11-18-20/h4-6,8,10-12,15H,3,7,9,13H2,1-2H3. The minimum absolute atomic E-state index is 0.0429. The van der Waals surface area contributed by atoms with Crippen molar-refractivity contribution in [2.45, 2.75) is 38.8 Å². The van der Waals surface area contributed by atoms with Crippen LogP contribution in [0.25, 0.3) is 0 Å². The first-order chi connectivity index (χ1) is 10.2. The first-order valence-electron chi connectivity index (χ1n) is 7.36. The lowest BCUT2D eigenvalue weighted by Crippen LogP contribution is -2.32. The van der Waals surface area contributed by atoms with Gasteiger partial charge >= 0.3 is 0 Å². The third-order valence-electron chi connectivity index (χ3n) is 3.57. The number of pyridine rings is 1. The summed E-state index contributed by atoms with van der Waals surface area (Å²) < 4.78 is 1.78. The smallest absolute Gasteiger partial charge is 0.224 e. The van der Waals surface area contributed by atoms with Crippen LogP contribution in [0.2, 0.25) is 0 Å². The molecule has 0 saturated carbocycles. The van der Waals surface area contributed by atoms with Crippen molar-refractivity contribution in [3.05, 3.63) is 48.5 Å². The van der Waals surface area contributed by atoms with E-state index in [4.69, 9.17) is 0 Å². The van der Waals surface area contributed by atoms with Crippen molar-refractivity contribution < 1.29 is 4.79 Å². The van der Waals surface area contributed by atoms with Gasteiger partial charge in [-0.05, 0) is 24.6 Å². The van der Waals surface area contributed by atoms with Crippen LogP contribution in [-0.2, 0) is 11.3 Å². The van der Waals surface area contributed by atoms with Crippen LogP contribution in [0.3, 0.4) is 0 Å². The summed E-state index contributed by atoms with van der Waals surface area (Å²) in [4.78, 5) is 18.6. The van der Waals surface area contributed by atoms with Gasteiger partial charge in [0.1, 0.15) is 0 Å². The van der Waals surface area contributed by atoms with Gasteiger partial charge in [0, 0.05) is 38.6 Å². The summed E-state index contributed by atoms with van der Waals surface area (Å²) >= 11 is 0. The highest BCUT2D eigenvalue weighted by molar-refractivity contribution is 5.76. The maximum atomic E-state index is 12.4. The van der Waals surface area contributed by atoms with Crippen LogP contribution in [0.15, 0.2) is 42.9 Å². The molecule has 0 saturated heterocycles. The molecule has 0 aromatic carbocycles. The van der Waals surface area contributed by atoms with E-state index in [0.29, 0.717) is 13.0 Å². The monoisotopic (exact) mass is 286 g/mol. The van der Waals surface area contributed by atoms with Crippen molar-refractivity contribution in [3.63, 3.8) is 0 Å². The molecule has 0 fully saturated rings. The van der Waals surface area contributed by atoms with Gasteiger partial charge in [-0.25, -0.2) is 0 Å². The summed E-state index contributed by atoms with van der Waals surface area (Å²) in [7, 11) is 1.86. The number of rotatable bonds is 7. The van der Waals surface area contributed by atoms with Gasteiger partial charge in [0.25, 0.3) is 0 Å². The average molecular weight is 286 g/mol. The molecule has 0 radical (unpaired) electrons. The molecule has 1 atom stereocenters. The molecule has 0 aliphatic carbocycles. The summed E-state index contributed by atoms with van der Waals surface area (Å²) in [5.41, 5.74) is 0.953. The Morgan fingerprint density at radius 1 is 1.33 bits per heavy atom. The highest BCUT2D eigenvalue weighted by Crippen LogP contribution is 2.23. The largest absolute Gasteiger partial charge is 0.337 e. The molecule has 1 unspecified atom stereocenters. The first kappa shape index (κ1) is 15.2. The van der Waals surface area contributed by atoms with Gasteiger partial charge in [-0.15, -0.1) is 0 Å². The average Bonchev–Trinajstić information content (AvgIpc) is 3.04. The van der Waals surface area contributed by atoms with Gasteiger partial charge in [0.15, 0.2) is 0 Å². The molecular weight excluding hydrogens is 264 g/mol. The van der Waals surface area contributed by atoms with Crippen molar-refractivity contribution in [3.8, 4) is 0 Å². The number of amides is 1. The molecule has 5 nitrogen and oxygen atoms in total. The number of nitrogens with zero attached hydrogens (tertiary/aromatic N) is 4. The second kappa shape index (κ2) is 7.57. The fraction of sp³-hybridized carbons (Fsp3) is 0.438. The Kier molecular flexibility index (Phi) is 5.49. The van der Waals surface area contributed by atoms with Gasteiger partial charge in [-0.1, -0.05) is 19.4 Å². The van der Waals surface area contributed by atoms with Crippen LogP contribution in [0.1, 0.15) is 37.9 Å². The van der Waals surface area contributed by atoms with E-state index in [1.165, 1.54) is 0 Å². The number of aromatic nitrogens is 3. The molecule has 0 bridgehead atoms. The van der Waals surface area contributed by atoms with E-state index >= 15 is 0 Å². The van der Waals surface area contributed by atoms with E-state index in [-0.39, 0.29) is 11.9 Å². The van der Waals surface area contributed by atoms with Crippen molar-refractivity contribution in [1.82, 2.24) is 19.7 Å². The number of carbonyl (C=O) groups is 1. The Morgan fingerprint density at radius 3 is 2.81 bits per heavy atom. The fourth-order valence-electron chi connectivity index (χ4n) is 2.38. The van der Waals surface area contributed by atoms with Crippen LogP contribution >= 0.6 is 0 Å². The zero-order chi connectivity index (χ0) is 15.1. The Balaban J connectivity index is 2.00. The first-order valence-corrected chi connectivity index (χ1v) is 7.36. The number of carbonyl (C=O) groups excluding carboxylic acids is 1. The zero-order valence-corrected chi connectivity index (χ0v) is 12.6. The molecule has 5 heteroatoms. The number of hydrogen-bond acceptors (Lipinski definition) is 3. The molecule has 1 amide bonds. The van der Waals surface area contributed by atoms with Crippen LogP contribution in [0.5, 0.6) is 0 Å². The van der Waals surface area contributed by atoms with Crippen molar-refractivity contribution in [1.29, 1.82) is 0 Å². The molecule has 0 aliphatic rings. The Bertz CT molecular complexity index is 539. The summed E-state index contributed by atoms with van der Waals surface area (Å²) in [6.45, 7) is 2.73. The van der Waals surface area contributed by atoms with Crippen LogP contribution in [0, 0.1) is 0 Å². The maximum absolute atomic E-state index is 12.4. The predicted octanol–water partition coefficient (Wildman–Crippen LogP) is 2.67. The van der Waals surface area contributed by atoms with Gasteiger partial charge in [0.2, 0.25) is 5.91 Å². The summed E-state index contributed by atoms with van der Waals surface area (Å²) in [5.74, 6) is 0.120. The molecule has 112 valence electrons. The topological polar surface area (TPSA) is 51.0 Å². The number of aryl methyl sites for hydroxylation is 1. The minimum atomic E-state index is 0.0429. The van der Waals surface area contributed by atoms with Gasteiger partial charge in [-0.2, -0.15) is 5.10 Å². The SMILES string of the molecule is CCCC(c1ccccn1)N(C)C(=O)CCn1cccn1. The molecule has 0 spiro atoms. The van der Waals surface area contributed by atoms with Crippen molar-refractivity contribution in [2.24, 2.45) is 0 Å². The maximum Gasteiger partial charge on any atom is 0.224 e. The highest BCUT2D eigenvalue weighted by Gasteiger charge is 2.21. The molecular formula is C16H22N4O. The molecule has 21 heavy (non-hydrogen) atoms. The lowest BCUT2D eigenvalue weighted by atomic mass is 10.1. The second-order valence-corrected chi connectivity index (χ2v) is 5.08. The van der Waals surface area contributed by atoms with Crippen molar-refractivity contribution in [2.75, 3.05) is 7.05 Å². The third kappa shape index (κ3) is 4.15. The molecule has 2 rings (SSSR count). The van der Waals surface area contributed by atoms with Gasteiger partial charge < -0.3 is 4.90 Å². The zero-order valence-electron chi connectivity index (χ0n) is 12.6. The third-order valence-corrected chi connectivity index (χ3v) is 3.57. The molecule has 0 N–H and O–H groups in total. The lowest BCUT2D eigenvalue weighted by molar-refractivity contribution is -0.132. The Morgan fingerprint density at radius 2 is 2.19 bits per heavy atom. The van der Waals surface area contributed by atoms with Crippen LogP contribution in [0.4, 0.5) is 0 Å². The van der Waals surface area contributed by atoms with E-state index in [9.17, 15) is 4.79 Å². The summed E-state index contributed by atoms with van der Waals surface area (Å²) in [5, 5.41) is 4.12. The van der Waals surface area contributed by atoms with E-state index in [0.717, 1.165) is 18.5 Å². The lowest BCUT2D eigenvalue weighted by Gasteiger charge is -2.27. The van der Waals surface area contributed by atoms with E-state index < -0.39 is 0 Å².